The van der Waals surface area contributed by atoms with Gasteiger partial charge in [0.1, 0.15) is 5.60 Å². The number of aliphatic hydroxyl groups is 1. The predicted molar refractivity (Wildman–Crippen MR) is 602 cm³/mol. The van der Waals surface area contributed by atoms with Crippen molar-refractivity contribution in [2.24, 2.45) is 0 Å². The van der Waals surface area contributed by atoms with E-state index in [0.717, 1.165) is 130 Å². The van der Waals surface area contributed by atoms with Crippen molar-refractivity contribution < 1.29 is 71.0 Å². The molecule has 1 N–H and O–H groups in total. The number of carbonyl (C=O) groups is 9. The fourth-order valence-electron chi connectivity index (χ4n) is 20.8. The Bertz CT molecular complexity index is 6950. The highest BCUT2D eigenvalue weighted by Gasteiger charge is 2.52. The van der Waals surface area contributed by atoms with Gasteiger partial charge in [-0.3, -0.25) is 57.2 Å². The van der Waals surface area contributed by atoms with E-state index in [-0.39, 0.29) is 39.1 Å². The Morgan fingerprint density at radius 2 is 0.438 bits per heavy atom. The van der Waals surface area contributed by atoms with Crippen LogP contribution in [0.15, 0.2) is 231 Å². The van der Waals surface area contributed by atoms with Crippen LogP contribution in [0, 0.1) is 187 Å². The van der Waals surface area contributed by atoms with Gasteiger partial charge in [0.05, 0.1) is 5.54 Å². The molecule has 0 aliphatic carbocycles. The first-order valence-electron chi connectivity index (χ1n) is 49.5. The minimum Gasteiger partial charge on any atom is -0.382 e. The molecule has 0 aromatic heterocycles. The lowest BCUT2D eigenvalue weighted by Gasteiger charge is -2.40. The third kappa shape index (κ3) is 25.9. The Hall–Kier alpha value is -12.3. The first kappa shape index (κ1) is 117. The number of aryl methyl sites for hydroxylation is 27. The number of piperidine rings is 1. The zero-order valence-electron chi connectivity index (χ0n) is 91.4. The van der Waals surface area contributed by atoms with Crippen LogP contribution >= 0.6 is 28.8 Å². The SMILES string of the molecule is COP(=O)(C(=O)c1c(C)cc(C)cc1C)c1ccccc1.Cc1cc(C)c(C(=O)C(C)(C)N2CCCCC2)c(C)c1.Cc1cc(C)c(C(=O)C(C)(C)O)c(C)c1.Cc1cc(C)c(C(=O)P(=O)(C(=O)c2c(C)cc(C)cc2C)C(=O)c2c(C)cc(C)cc2C)c(C)c1.Cc1cc(C)c(C(=O)P(=O)(C(=O)c2c(C)cc(C)cc2C)c2ccccc2)c(C)c1.Cc1cc(C)c(C(=O)P(=O)(c2ccccc2)c2ccccc2)c(C)c1. The van der Waals surface area contributed by atoms with Crippen molar-refractivity contribution in [1.29, 1.82) is 0 Å². The molecule has 1 aliphatic heterocycles. The van der Waals surface area contributed by atoms with Crippen molar-refractivity contribution in [3.8, 4) is 0 Å². The minimum atomic E-state index is -4.78. The fourth-order valence-corrected chi connectivity index (χ4v) is 30.4. The maximum Gasteiger partial charge on any atom is 0.300 e. The quantitative estimate of drug-likeness (QED) is 0.0436. The summed E-state index contributed by atoms with van der Waals surface area (Å²) in [7, 11) is -14.6. The van der Waals surface area contributed by atoms with Crippen molar-refractivity contribution in [1.82, 2.24) is 4.90 Å². The van der Waals surface area contributed by atoms with Gasteiger partial charge in [-0.05, 0) is 353 Å². The average molecular weight is 2040 g/mol. The number of hydrogen-bond donors (Lipinski definition) is 1. The lowest BCUT2D eigenvalue weighted by atomic mass is 9.85. The van der Waals surface area contributed by atoms with Crippen molar-refractivity contribution in [2.45, 2.75) is 245 Å². The van der Waals surface area contributed by atoms with E-state index < -0.39 is 73.1 Å². The Morgan fingerprint density at radius 1 is 0.247 bits per heavy atom. The lowest BCUT2D eigenvalue weighted by molar-refractivity contribution is 0.0486. The van der Waals surface area contributed by atoms with Crippen LogP contribution in [0.5, 0.6) is 0 Å². The van der Waals surface area contributed by atoms with Crippen molar-refractivity contribution in [3.05, 3.63) is 431 Å². The molecule has 16 nitrogen and oxygen atoms in total. The summed E-state index contributed by atoms with van der Waals surface area (Å²) in [6.07, 6.45) is 3.72. The van der Waals surface area contributed by atoms with Gasteiger partial charge >= 0.3 is 7.37 Å². The number of nitrogens with zero attached hydrogens (tertiary/aromatic N) is 1. The standard InChI is InChI=1S/C30H33O4P.C26H27O3P.C22H21O2P.C18H27NO.C17H19O3P.C13H18O2/c1-16-10-19(4)25(20(5)11-16)28(31)35(34,29(32)26-21(6)12-17(2)13-22(26)7)30(33)27-23(8)14-18(3)15-24(27)9;1-16-12-18(3)23(19(4)13-16)25(27)30(29,22-10-8-7-9-11-22)26(28)24-20(5)14-17(2)15-21(24)6;1-16-14-17(2)21(18(3)15-16)22(23)25(24,19-10-6-4-7-11-19)20-12-8-5-9-13-20;1-13-11-14(2)16(15(3)12-13)17(20)18(4,5)19-9-7-6-8-10-19;1-12-10-13(2)16(14(3)11-12)17(18)21(19,20-4)15-8-6-5-7-9-15;1-8-6-9(2)11(10(3)7-8)12(14)13(4,5)15/h10-15H,1-9H3;7-15H,1-6H3;4-15H,1-3H3;11-12H,6-10H2,1-5H3;5-11H,1-4H3;6-7,15H,1-5H3. The monoisotopic (exact) mass is 2040 g/mol. The lowest BCUT2D eigenvalue weighted by Crippen LogP contribution is -2.52. The van der Waals surface area contributed by atoms with Crippen molar-refractivity contribution in [2.75, 3.05) is 20.2 Å². The van der Waals surface area contributed by atoms with Crippen LogP contribution in [0.4, 0.5) is 0 Å². The maximum absolute atomic E-state index is 14.8. The van der Waals surface area contributed by atoms with Crippen molar-refractivity contribution >= 4 is 100 Å². The summed E-state index contributed by atoms with van der Waals surface area (Å²) < 4.78 is 61.8. The fraction of sp³-hybridized carbons (Fsp3) is 0.310. The Kier molecular flexibility index (Phi) is 39.0. The van der Waals surface area contributed by atoms with Crippen LogP contribution in [0.3, 0.4) is 0 Å². The molecule has 1 atom stereocenters. The summed E-state index contributed by atoms with van der Waals surface area (Å²) in [5.41, 5.74) is 21.1. The van der Waals surface area contributed by atoms with Crippen LogP contribution in [0.25, 0.3) is 0 Å². The molecule has 146 heavy (non-hydrogen) atoms. The highest BCUT2D eigenvalue weighted by Crippen LogP contribution is 2.58. The van der Waals surface area contributed by atoms with Crippen molar-refractivity contribution in [3.63, 3.8) is 0 Å². The number of rotatable bonds is 24. The molecule has 0 radical (unpaired) electrons. The second-order valence-corrected chi connectivity index (χ2v) is 50.9. The Morgan fingerprint density at radius 3 is 0.664 bits per heavy atom. The zero-order chi connectivity index (χ0) is 109. The van der Waals surface area contributed by atoms with Gasteiger partial charge in [-0.2, -0.15) is 0 Å². The normalized spacial score (nSPS) is 12.6. The van der Waals surface area contributed by atoms with Gasteiger partial charge in [0.25, 0.3) is 12.7 Å². The molecular formula is C126H145NO15P4. The molecular weight excluding hydrogens is 1890 g/mol. The average Bonchev–Trinajstić information content (AvgIpc) is 0.731. The summed E-state index contributed by atoms with van der Waals surface area (Å²) in [5, 5.41) is 11.6. The molecule has 13 aromatic rings. The molecule has 764 valence electrons. The third-order valence-corrected chi connectivity index (χ3v) is 37.1. The largest absolute Gasteiger partial charge is 0.382 e. The molecule has 0 saturated carbocycles. The van der Waals surface area contributed by atoms with Crippen LogP contribution in [-0.2, 0) is 22.8 Å². The van der Waals surface area contributed by atoms with Crippen LogP contribution < -0.4 is 21.2 Å². The van der Waals surface area contributed by atoms with E-state index in [0.29, 0.717) is 77.1 Å². The van der Waals surface area contributed by atoms with E-state index in [1.807, 2.05) is 264 Å². The summed E-state index contributed by atoms with van der Waals surface area (Å²) in [6.45, 7) is 60.2. The predicted octanol–water partition coefficient (Wildman–Crippen LogP) is 29.2. The zero-order valence-corrected chi connectivity index (χ0v) is 95.0. The van der Waals surface area contributed by atoms with Gasteiger partial charge in [-0.25, -0.2) is 0 Å². The maximum atomic E-state index is 14.8. The molecule has 0 amide bonds. The molecule has 1 heterocycles. The summed E-state index contributed by atoms with van der Waals surface area (Å²) in [6, 6.07) is 69.7. The molecule has 1 aliphatic rings. The smallest absolute Gasteiger partial charge is 0.300 e. The van der Waals surface area contributed by atoms with Gasteiger partial charge in [-0.1, -0.05) is 275 Å². The highest BCUT2D eigenvalue weighted by molar-refractivity contribution is 8.08. The molecule has 13 aromatic carbocycles. The van der Waals surface area contributed by atoms with Gasteiger partial charge in [0, 0.05) is 78.4 Å². The van der Waals surface area contributed by atoms with E-state index in [9.17, 15) is 66.5 Å². The van der Waals surface area contributed by atoms with Gasteiger partial charge in [-0.15, -0.1) is 0 Å². The van der Waals surface area contributed by atoms with E-state index in [2.05, 4.69) is 51.7 Å². The molecule has 14 rings (SSSR count). The van der Waals surface area contributed by atoms with Crippen LogP contribution in [0.2, 0.25) is 0 Å². The highest BCUT2D eigenvalue weighted by atomic mass is 31.2. The number of hydrogen-bond acceptors (Lipinski definition) is 16. The first-order valence-corrected chi connectivity index (χ1v) is 56.2. The second-order valence-electron chi connectivity index (χ2n) is 40.8. The van der Waals surface area contributed by atoms with Gasteiger partial charge < -0.3 is 18.8 Å². The van der Waals surface area contributed by atoms with E-state index >= 15 is 0 Å². The number of benzene rings is 13. The summed E-state index contributed by atoms with van der Waals surface area (Å²) in [4.78, 5) is 124. The number of ketones is 2. The summed E-state index contributed by atoms with van der Waals surface area (Å²) >= 11 is 0. The molecule has 0 bridgehead atoms. The number of likely N-dealkylation sites (tertiary alicyclic amines) is 1. The molecule has 1 unspecified atom stereocenters. The topological polar surface area (TPSA) is 255 Å². The first-order chi connectivity index (χ1) is 68.2. The number of Topliss-reactive ketones (excluding diaryl/α,β-unsaturated/α-hetero) is 2. The second kappa shape index (κ2) is 48.6. The molecule has 20 heteroatoms. The Balaban J connectivity index is 0.000000199. The molecule has 1 fully saturated rings. The number of carbonyl (C=O) groups excluding carboxylic acids is 9. The summed E-state index contributed by atoms with van der Waals surface area (Å²) in [5.74, 6) is 0.0619. The van der Waals surface area contributed by atoms with Gasteiger partial charge in [0.15, 0.2) is 11.6 Å². The van der Waals surface area contributed by atoms with Crippen LogP contribution in [0.1, 0.15) is 290 Å². The van der Waals surface area contributed by atoms with E-state index in [1.54, 1.807) is 120 Å². The van der Waals surface area contributed by atoms with Crippen LogP contribution in [-0.4, -0.2) is 91.6 Å². The molecule has 0 spiro atoms. The Labute approximate surface area is 866 Å². The molecule has 1 saturated heterocycles. The van der Waals surface area contributed by atoms with E-state index in [1.165, 1.54) is 45.8 Å². The third-order valence-electron chi connectivity index (χ3n) is 27.0. The minimum absolute atomic E-state index is 0.186. The van der Waals surface area contributed by atoms with Gasteiger partial charge in [0.2, 0.25) is 47.4 Å². The van der Waals surface area contributed by atoms with E-state index in [4.69, 9.17) is 4.52 Å².